The molecule has 0 saturated carbocycles. The van der Waals surface area contributed by atoms with Crippen LogP contribution in [0.1, 0.15) is 70.0 Å². The van der Waals surface area contributed by atoms with Crippen molar-refractivity contribution >= 4 is 35.1 Å². The zero-order chi connectivity index (χ0) is 22.8. The molecule has 1 saturated heterocycles. The third-order valence-corrected chi connectivity index (χ3v) is 6.01. The first-order chi connectivity index (χ1) is 14.6. The normalized spacial score (nSPS) is 20.5. The highest BCUT2D eigenvalue weighted by atomic mass is 35.5. The summed E-state index contributed by atoms with van der Waals surface area (Å²) in [5.41, 5.74) is 1.35. The lowest BCUT2D eigenvalue weighted by atomic mass is 9.79. The molecule has 3 unspecified atom stereocenters. The smallest absolute Gasteiger partial charge is 0.329 e. The predicted octanol–water partition coefficient (Wildman–Crippen LogP) is 6.56. The molecule has 0 aromatic heterocycles. The molecule has 4 nitrogen and oxygen atoms in total. The molecular weight excluding hydrogens is 433 g/mol. The summed E-state index contributed by atoms with van der Waals surface area (Å²) < 4.78 is 5.68. The Kier molecular flexibility index (Phi) is 7.33. The zero-order valence-electron chi connectivity index (χ0n) is 18.4. The van der Waals surface area contributed by atoms with Crippen molar-refractivity contribution in [2.75, 3.05) is 0 Å². The second-order valence-electron chi connectivity index (χ2n) is 8.96. The molecule has 2 aromatic rings. The zero-order valence-corrected chi connectivity index (χ0v) is 19.9. The molecule has 31 heavy (non-hydrogen) atoms. The summed E-state index contributed by atoms with van der Waals surface area (Å²) in [6, 6.07) is 14.2. The van der Waals surface area contributed by atoms with Crippen molar-refractivity contribution in [2.24, 2.45) is 0 Å². The van der Waals surface area contributed by atoms with Gasteiger partial charge >= 0.3 is 5.97 Å². The first-order valence-electron chi connectivity index (χ1n) is 10.7. The van der Waals surface area contributed by atoms with Gasteiger partial charge in [0.25, 0.3) is 0 Å². The van der Waals surface area contributed by atoms with Gasteiger partial charge in [-0.2, -0.15) is 0 Å². The Labute approximate surface area is 194 Å². The van der Waals surface area contributed by atoms with Gasteiger partial charge in [-0.1, -0.05) is 54.4 Å². The van der Waals surface area contributed by atoms with E-state index in [1.807, 2.05) is 76.2 Å². The van der Waals surface area contributed by atoms with Gasteiger partial charge in [0, 0.05) is 22.4 Å². The van der Waals surface area contributed by atoms with Gasteiger partial charge in [-0.25, -0.2) is 4.79 Å². The van der Waals surface area contributed by atoms with Crippen LogP contribution >= 0.6 is 23.2 Å². The van der Waals surface area contributed by atoms with Gasteiger partial charge in [0.2, 0.25) is 5.91 Å². The van der Waals surface area contributed by atoms with Gasteiger partial charge < -0.3 is 9.64 Å². The van der Waals surface area contributed by atoms with Crippen LogP contribution in [0.5, 0.6) is 0 Å². The maximum Gasteiger partial charge on any atom is 0.329 e. The van der Waals surface area contributed by atoms with E-state index < -0.39 is 11.6 Å². The van der Waals surface area contributed by atoms with E-state index in [4.69, 9.17) is 27.9 Å². The Hall–Kier alpha value is -2.04. The predicted molar refractivity (Wildman–Crippen MR) is 124 cm³/mol. The van der Waals surface area contributed by atoms with Crippen molar-refractivity contribution in [1.82, 2.24) is 4.90 Å². The highest BCUT2D eigenvalue weighted by Gasteiger charge is 2.44. The Morgan fingerprint density at radius 2 is 1.77 bits per heavy atom. The van der Waals surface area contributed by atoms with Gasteiger partial charge in [0.15, 0.2) is 0 Å². The molecule has 1 aliphatic rings. The molecule has 0 aliphatic carbocycles. The number of benzene rings is 2. The summed E-state index contributed by atoms with van der Waals surface area (Å²) >= 11 is 12.4. The molecule has 0 bridgehead atoms. The Morgan fingerprint density at radius 3 is 2.35 bits per heavy atom. The molecule has 3 rings (SSSR count). The van der Waals surface area contributed by atoms with Gasteiger partial charge in [-0.3, -0.25) is 4.79 Å². The number of hydrogen-bond acceptors (Lipinski definition) is 3. The maximum absolute atomic E-state index is 13.2. The first-order valence-corrected chi connectivity index (χ1v) is 11.4. The van der Waals surface area contributed by atoms with Crippen molar-refractivity contribution < 1.29 is 14.3 Å². The standard InChI is InChI=1S/C25H29Cl2NO3/c1-5-21(24(30)31-25(2,3)4)28-22(29)14-13-20(17-7-6-8-19(27)15-17)23(28)16-9-11-18(26)12-10-16/h6-12,15,20-21,23H,5,13-14H2,1-4H3. The van der Waals surface area contributed by atoms with E-state index in [0.29, 0.717) is 29.3 Å². The lowest BCUT2D eigenvalue weighted by Gasteiger charge is -2.45. The van der Waals surface area contributed by atoms with Crippen LogP contribution in [0.15, 0.2) is 48.5 Å². The third-order valence-electron chi connectivity index (χ3n) is 5.53. The van der Waals surface area contributed by atoms with Crippen molar-refractivity contribution in [1.29, 1.82) is 0 Å². The fourth-order valence-electron chi connectivity index (χ4n) is 4.27. The number of hydrogen-bond donors (Lipinski definition) is 0. The molecule has 6 heteroatoms. The minimum atomic E-state index is -0.672. The average molecular weight is 462 g/mol. The van der Waals surface area contributed by atoms with E-state index in [0.717, 1.165) is 11.1 Å². The van der Waals surface area contributed by atoms with Crippen molar-refractivity contribution in [3.05, 3.63) is 69.7 Å². The van der Waals surface area contributed by atoms with Gasteiger partial charge in [0.1, 0.15) is 11.6 Å². The minimum absolute atomic E-state index is 0.00550. The topological polar surface area (TPSA) is 46.6 Å². The summed E-state index contributed by atoms with van der Waals surface area (Å²) in [5, 5.41) is 1.27. The minimum Gasteiger partial charge on any atom is -0.458 e. The number of likely N-dealkylation sites (tertiary alicyclic amines) is 1. The Bertz CT molecular complexity index is 937. The van der Waals surface area contributed by atoms with Crippen molar-refractivity contribution in [3.8, 4) is 0 Å². The number of ether oxygens (including phenoxy) is 1. The van der Waals surface area contributed by atoms with Gasteiger partial charge in [0.05, 0.1) is 6.04 Å². The second kappa shape index (κ2) is 9.62. The number of piperidine rings is 1. The SMILES string of the molecule is CCC(C(=O)OC(C)(C)C)N1C(=O)CCC(c2cccc(Cl)c2)C1c1ccc(Cl)cc1. The van der Waals surface area contributed by atoms with Crippen LogP contribution in [-0.2, 0) is 14.3 Å². The Morgan fingerprint density at radius 1 is 1.10 bits per heavy atom. The van der Waals surface area contributed by atoms with Crippen LogP contribution in [-0.4, -0.2) is 28.4 Å². The maximum atomic E-state index is 13.2. The van der Waals surface area contributed by atoms with Gasteiger partial charge in [-0.05, 0) is 69.0 Å². The average Bonchev–Trinajstić information content (AvgIpc) is 2.69. The summed E-state index contributed by atoms with van der Waals surface area (Å²) in [7, 11) is 0. The van der Waals surface area contributed by atoms with E-state index in [1.54, 1.807) is 4.90 Å². The molecule has 1 heterocycles. The number of carbonyl (C=O) groups is 2. The largest absolute Gasteiger partial charge is 0.458 e. The van der Waals surface area contributed by atoms with E-state index in [9.17, 15) is 9.59 Å². The molecule has 0 radical (unpaired) electrons. The molecule has 1 aliphatic heterocycles. The quantitative estimate of drug-likeness (QED) is 0.473. The fraction of sp³-hybridized carbons (Fsp3) is 0.440. The summed E-state index contributed by atoms with van der Waals surface area (Å²) in [4.78, 5) is 28.1. The lowest BCUT2D eigenvalue weighted by Crippen LogP contribution is -2.52. The third kappa shape index (κ3) is 5.61. The molecule has 1 amide bonds. The molecule has 1 fully saturated rings. The fourth-order valence-corrected chi connectivity index (χ4v) is 4.59. The Balaban J connectivity index is 2.09. The number of carbonyl (C=O) groups excluding carboxylic acids is 2. The number of esters is 1. The number of amides is 1. The van der Waals surface area contributed by atoms with Crippen molar-refractivity contribution in [3.63, 3.8) is 0 Å². The highest BCUT2D eigenvalue weighted by Crippen LogP contribution is 2.45. The van der Waals surface area contributed by atoms with E-state index in [1.165, 1.54) is 0 Å². The molecule has 166 valence electrons. The number of halogens is 2. The molecule has 2 aromatic carbocycles. The lowest BCUT2D eigenvalue weighted by molar-refractivity contribution is -0.168. The molecular formula is C25H29Cl2NO3. The number of rotatable bonds is 5. The second-order valence-corrected chi connectivity index (χ2v) is 9.83. The van der Waals surface area contributed by atoms with E-state index in [-0.39, 0.29) is 23.8 Å². The van der Waals surface area contributed by atoms with Crippen LogP contribution < -0.4 is 0 Å². The van der Waals surface area contributed by atoms with Gasteiger partial charge in [-0.15, -0.1) is 0 Å². The number of nitrogens with zero attached hydrogens (tertiary/aromatic N) is 1. The summed E-state index contributed by atoms with van der Waals surface area (Å²) in [6.07, 6.45) is 1.50. The van der Waals surface area contributed by atoms with Crippen LogP contribution in [0.3, 0.4) is 0 Å². The van der Waals surface area contributed by atoms with Crippen molar-refractivity contribution in [2.45, 2.75) is 70.6 Å². The van der Waals surface area contributed by atoms with Crippen LogP contribution in [0.4, 0.5) is 0 Å². The molecule has 0 N–H and O–H groups in total. The van der Waals surface area contributed by atoms with E-state index >= 15 is 0 Å². The van der Waals surface area contributed by atoms with Crippen LogP contribution in [0.2, 0.25) is 10.0 Å². The summed E-state index contributed by atoms with van der Waals surface area (Å²) in [6.45, 7) is 7.41. The monoisotopic (exact) mass is 461 g/mol. The summed E-state index contributed by atoms with van der Waals surface area (Å²) in [5.74, 6) is -0.431. The first kappa shape index (κ1) is 23.6. The van der Waals surface area contributed by atoms with E-state index in [2.05, 4.69) is 0 Å². The van der Waals surface area contributed by atoms with Crippen LogP contribution in [0.25, 0.3) is 0 Å². The van der Waals surface area contributed by atoms with Crippen LogP contribution in [0, 0.1) is 0 Å². The highest BCUT2D eigenvalue weighted by molar-refractivity contribution is 6.30. The molecule has 3 atom stereocenters. The molecule has 0 spiro atoms.